The number of nitrogens with zero attached hydrogens (tertiary/aromatic N) is 1. The molecule has 8 heteroatoms. The van der Waals surface area contributed by atoms with Gasteiger partial charge in [-0.1, -0.05) is 23.7 Å². The molecule has 0 heterocycles. The first-order valence-corrected chi connectivity index (χ1v) is 8.98. The largest absolute Gasteiger partial charge is 0.351 e. The molecular formula is C20H21ClFN3O3. The average molecular weight is 406 g/mol. The summed E-state index contributed by atoms with van der Waals surface area (Å²) >= 11 is 5.84. The van der Waals surface area contributed by atoms with Gasteiger partial charge in [0.2, 0.25) is 11.8 Å². The van der Waals surface area contributed by atoms with Gasteiger partial charge in [-0.2, -0.15) is 0 Å². The van der Waals surface area contributed by atoms with E-state index < -0.39 is 11.7 Å². The van der Waals surface area contributed by atoms with Gasteiger partial charge in [0.15, 0.2) is 0 Å². The highest BCUT2D eigenvalue weighted by Gasteiger charge is 2.12. The van der Waals surface area contributed by atoms with Crippen LogP contribution in [0, 0.1) is 5.82 Å². The monoisotopic (exact) mass is 405 g/mol. The zero-order valence-electron chi connectivity index (χ0n) is 15.6. The summed E-state index contributed by atoms with van der Waals surface area (Å²) in [5.74, 6) is -1.33. The lowest BCUT2D eigenvalue weighted by atomic mass is 10.2. The number of carbonyl (C=O) groups is 3. The molecular weight excluding hydrogens is 385 g/mol. The highest BCUT2D eigenvalue weighted by Crippen LogP contribution is 2.17. The molecule has 0 radical (unpaired) electrons. The van der Waals surface area contributed by atoms with Gasteiger partial charge in [0.25, 0.3) is 5.91 Å². The smallest absolute Gasteiger partial charge is 0.252 e. The standard InChI is InChI=1S/C20H21ClFN3O3/c1-13(26)25(2)12-14-4-3-5-16(10-14)24-19(27)8-9-23-20(28)17-7-6-15(22)11-18(17)21/h3-7,10-11H,8-9,12H2,1-2H3,(H,23,28)(H,24,27). The molecule has 0 aliphatic heterocycles. The van der Waals surface area contributed by atoms with Crippen molar-refractivity contribution in [1.29, 1.82) is 0 Å². The first-order chi connectivity index (χ1) is 13.3. The Kier molecular flexibility index (Phi) is 7.52. The van der Waals surface area contributed by atoms with E-state index in [0.717, 1.165) is 17.7 Å². The van der Waals surface area contributed by atoms with Gasteiger partial charge in [-0.25, -0.2) is 4.39 Å². The van der Waals surface area contributed by atoms with Crippen molar-refractivity contribution < 1.29 is 18.8 Å². The molecule has 148 valence electrons. The van der Waals surface area contributed by atoms with Crippen LogP contribution in [0.3, 0.4) is 0 Å². The Bertz CT molecular complexity index is 889. The van der Waals surface area contributed by atoms with Crippen molar-refractivity contribution in [2.75, 3.05) is 18.9 Å². The average Bonchev–Trinajstić information content (AvgIpc) is 2.61. The molecule has 2 aromatic rings. The SMILES string of the molecule is CC(=O)N(C)Cc1cccc(NC(=O)CCNC(=O)c2ccc(F)cc2Cl)c1. The van der Waals surface area contributed by atoms with E-state index in [1.54, 1.807) is 30.1 Å². The van der Waals surface area contributed by atoms with E-state index in [4.69, 9.17) is 11.6 Å². The maximum absolute atomic E-state index is 13.0. The molecule has 28 heavy (non-hydrogen) atoms. The van der Waals surface area contributed by atoms with Crippen LogP contribution in [-0.2, 0) is 16.1 Å². The minimum Gasteiger partial charge on any atom is -0.351 e. The second-order valence-corrected chi connectivity index (χ2v) is 6.66. The van der Waals surface area contributed by atoms with Crippen molar-refractivity contribution in [3.8, 4) is 0 Å². The highest BCUT2D eigenvalue weighted by atomic mass is 35.5. The Hall–Kier alpha value is -2.93. The van der Waals surface area contributed by atoms with Gasteiger partial charge in [0, 0.05) is 39.2 Å². The third-order valence-corrected chi connectivity index (χ3v) is 4.29. The van der Waals surface area contributed by atoms with Crippen LogP contribution in [0.1, 0.15) is 29.3 Å². The Labute approximate surface area is 167 Å². The normalized spacial score (nSPS) is 10.3. The van der Waals surface area contributed by atoms with Crippen molar-refractivity contribution in [2.24, 2.45) is 0 Å². The fraction of sp³-hybridized carbons (Fsp3) is 0.250. The lowest BCUT2D eigenvalue weighted by Crippen LogP contribution is -2.28. The predicted octanol–water partition coefficient (Wildman–Crippen LogP) is 3.22. The van der Waals surface area contributed by atoms with Crippen molar-refractivity contribution in [1.82, 2.24) is 10.2 Å². The minimum atomic E-state index is -0.530. The fourth-order valence-electron chi connectivity index (χ4n) is 2.41. The summed E-state index contributed by atoms with van der Waals surface area (Å²) < 4.78 is 13.0. The quantitative estimate of drug-likeness (QED) is 0.742. The lowest BCUT2D eigenvalue weighted by molar-refractivity contribution is -0.128. The molecule has 2 rings (SSSR count). The maximum atomic E-state index is 13.0. The molecule has 6 nitrogen and oxygen atoms in total. The number of carbonyl (C=O) groups excluding carboxylic acids is 3. The summed E-state index contributed by atoms with van der Waals surface area (Å²) in [6.07, 6.45) is 0.0577. The summed E-state index contributed by atoms with van der Waals surface area (Å²) in [6, 6.07) is 10.7. The molecule has 0 atom stereocenters. The van der Waals surface area contributed by atoms with Crippen LogP contribution in [-0.4, -0.2) is 36.2 Å². The van der Waals surface area contributed by atoms with E-state index in [0.29, 0.717) is 12.2 Å². The summed E-state index contributed by atoms with van der Waals surface area (Å²) in [5.41, 5.74) is 1.63. The van der Waals surface area contributed by atoms with E-state index in [9.17, 15) is 18.8 Å². The van der Waals surface area contributed by atoms with Crippen LogP contribution in [0.15, 0.2) is 42.5 Å². The molecule has 3 amide bonds. The van der Waals surface area contributed by atoms with Crippen LogP contribution in [0.2, 0.25) is 5.02 Å². The highest BCUT2D eigenvalue weighted by molar-refractivity contribution is 6.33. The predicted molar refractivity (Wildman–Crippen MR) is 106 cm³/mol. The molecule has 2 N–H and O–H groups in total. The Balaban J connectivity index is 1.84. The van der Waals surface area contributed by atoms with E-state index in [-0.39, 0.29) is 35.4 Å². The van der Waals surface area contributed by atoms with Gasteiger partial charge in [0.05, 0.1) is 10.6 Å². The number of hydrogen-bond donors (Lipinski definition) is 2. The van der Waals surface area contributed by atoms with Gasteiger partial charge >= 0.3 is 0 Å². The van der Waals surface area contributed by atoms with E-state index >= 15 is 0 Å². The van der Waals surface area contributed by atoms with Crippen LogP contribution >= 0.6 is 11.6 Å². The number of nitrogens with one attached hydrogen (secondary N) is 2. The third kappa shape index (κ3) is 6.35. The molecule has 0 aromatic heterocycles. The Morgan fingerprint density at radius 1 is 1.14 bits per heavy atom. The van der Waals surface area contributed by atoms with Crippen molar-refractivity contribution in [3.05, 3.63) is 64.4 Å². The van der Waals surface area contributed by atoms with Crippen LogP contribution < -0.4 is 10.6 Å². The minimum absolute atomic E-state index is 0.00861. The number of amides is 3. The maximum Gasteiger partial charge on any atom is 0.252 e. The molecule has 0 aliphatic carbocycles. The van der Waals surface area contributed by atoms with Crippen LogP contribution in [0.5, 0.6) is 0 Å². The summed E-state index contributed by atoms with van der Waals surface area (Å²) in [5, 5.41) is 5.33. The molecule has 0 spiro atoms. The van der Waals surface area contributed by atoms with Crippen molar-refractivity contribution in [3.63, 3.8) is 0 Å². The van der Waals surface area contributed by atoms with E-state index in [1.165, 1.54) is 13.0 Å². The van der Waals surface area contributed by atoms with Crippen molar-refractivity contribution in [2.45, 2.75) is 19.9 Å². The third-order valence-electron chi connectivity index (χ3n) is 3.98. The summed E-state index contributed by atoms with van der Waals surface area (Å²) in [4.78, 5) is 37.0. The molecule has 0 aliphatic rings. The van der Waals surface area contributed by atoms with Crippen LogP contribution in [0.25, 0.3) is 0 Å². The topological polar surface area (TPSA) is 78.5 Å². The molecule has 0 saturated heterocycles. The Morgan fingerprint density at radius 2 is 1.89 bits per heavy atom. The van der Waals surface area contributed by atoms with Gasteiger partial charge in [-0.15, -0.1) is 0 Å². The molecule has 0 saturated carbocycles. The van der Waals surface area contributed by atoms with E-state index in [2.05, 4.69) is 10.6 Å². The van der Waals surface area contributed by atoms with Gasteiger partial charge in [-0.05, 0) is 35.9 Å². The molecule has 2 aromatic carbocycles. The molecule has 0 bridgehead atoms. The second kappa shape index (κ2) is 9.85. The fourth-order valence-corrected chi connectivity index (χ4v) is 2.67. The number of rotatable bonds is 7. The van der Waals surface area contributed by atoms with Gasteiger partial charge in [-0.3, -0.25) is 14.4 Å². The molecule has 0 unspecified atom stereocenters. The number of halogens is 2. The number of anilines is 1. The van der Waals surface area contributed by atoms with Gasteiger partial charge < -0.3 is 15.5 Å². The first-order valence-electron chi connectivity index (χ1n) is 8.60. The van der Waals surface area contributed by atoms with Gasteiger partial charge in [0.1, 0.15) is 5.82 Å². The number of hydrogen-bond acceptors (Lipinski definition) is 3. The van der Waals surface area contributed by atoms with Crippen molar-refractivity contribution >= 4 is 35.0 Å². The number of benzene rings is 2. The first kappa shape index (κ1) is 21.4. The Morgan fingerprint density at radius 3 is 2.57 bits per heavy atom. The zero-order valence-corrected chi connectivity index (χ0v) is 16.3. The molecule has 0 fully saturated rings. The van der Waals surface area contributed by atoms with E-state index in [1.807, 2.05) is 6.07 Å². The zero-order chi connectivity index (χ0) is 20.7. The summed E-state index contributed by atoms with van der Waals surface area (Å²) in [7, 11) is 1.70. The lowest BCUT2D eigenvalue weighted by Gasteiger charge is -2.15. The van der Waals surface area contributed by atoms with Crippen LogP contribution in [0.4, 0.5) is 10.1 Å². The summed E-state index contributed by atoms with van der Waals surface area (Å²) in [6.45, 7) is 2.03. The second-order valence-electron chi connectivity index (χ2n) is 6.25.